The van der Waals surface area contributed by atoms with Gasteiger partial charge in [-0.05, 0) is 23.8 Å². The van der Waals surface area contributed by atoms with Crippen molar-refractivity contribution in [2.75, 3.05) is 6.54 Å². The number of H-pyrrole nitrogens is 1. The summed E-state index contributed by atoms with van der Waals surface area (Å²) in [5, 5.41) is 22.2. The normalized spacial score (nSPS) is 11.1. The van der Waals surface area contributed by atoms with Crippen molar-refractivity contribution in [1.82, 2.24) is 10.3 Å². The van der Waals surface area contributed by atoms with Crippen molar-refractivity contribution in [2.45, 2.75) is 26.7 Å². The Balaban J connectivity index is 2.75. The summed E-state index contributed by atoms with van der Waals surface area (Å²) in [4.78, 5) is 35.3. The Hall–Kier alpha value is -2.38. The van der Waals surface area contributed by atoms with E-state index in [0.717, 1.165) is 0 Å². The van der Waals surface area contributed by atoms with Crippen molar-refractivity contribution in [1.29, 1.82) is 0 Å². The smallest absolute Gasteiger partial charge is 0.321 e. The zero-order chi connectivity index (χ0) is 15.3. The van der Waals surface area contributed by atoms with Gasteiger partial charge in [-0.15, -0.1) is 0 Å². The first-order chi connectivity index (χ1) is 9.36. The molecule has 0 saturated carbocycles. The number of nitro groups is 1. The first kappa shape index (κ1) is 15.7. The van der Waals surface area contributed by atoms with Crippen LogP contribution < -0.4 is 5.32 Å². The molecule has 1 rings (SSSR count). The van der Waals surface area contributed by atoms with Gasteiger partial charge in [-0.2, -0.15) is 0 Å². The molecule has 1 aromatic heterocycles. The van der Waals surface area contributed by atoms with E-state index in [1.807, 2.05) is 0 Å². The third-order valence-corrected chi connectivity index (χ3v) is 3.51. The number of aromatic amines is 1. The molecule has 0 radical (unpaired) electrons. The lowest BCUT2D eigenvalue weighted by Crippen LogP contribution is -2.42. The molecule has 0 aliphatic carbocycles. The number of nitrogens with one attached hydrogen (secondary N) is 2. The van der Waals surface area contributed by atoms with E-state index in [9.17, 15) is 24.8 Å². The largest absolute Gasteiger partial charge is 0.481 e. The third-order valence-electron chi connectivity index (χ3n) is 3.51. The fourth-order valence-electron chi connectivity index (χ4n) is 1.85. The Kier molecular flexibility index (Phi) is 4.84. The zero-order valence-corrected chi connectivity index (χ0v) is 11.3. The molecule has 0 aliphatic heterocycles. The SMILES string of the molecule is CCC(CC)(CNC(=O)c1ccc([N+](=O)[O-])[nH]1)C(=O)O. The van der Waals surface area contributed by atoms with Crippen LogP contribution in [0.1, 0.15) is 37.2 Å². The van der Waals surface area contributed by atoms with Crippen LogP contribution >= 0.6 is 0 Å². The van der Waals surface area contributed by atoms with Gasteiger partial charge in [-0.3, -0.25) is 9.59 Å². The van der Waals surface area contributed by atoms with Crippen LogP contribution in [-0.2, 0) is 4.79 Å². The standard InChI is InChI=1S/C12H17N3O5/c1-3-12(4-2,11(17)18)7-13-10(16)8-5-6-9(14-8)15(19)20/h5-6,14H,3-4,7H2,1-2H3,(H,13,16)(H,17,18). The van der Waals surface area contributed by atoms with Gasteiger partial charge >= 0.3 is 11.8 Å². The van der Waals surface area contributed by atoms with Crippen molar-refractivity contribution in [2.24, 2.45) is 5.41 Å². The molecular weight excluding hydrogens is 266 g/mol. The lowest BCUT2D eigenvalue weighted by molar-refractivity contribution is -0.389. The first-order valence-electron chi connectivity index (χ1n) is 6.21. The number of aromatic nitrogens is 1. The topological polar surface area (TPSA) is 125 Å². The van der Waals surface area contributed by atoms with Crippen molar-refractivity contribution < 1.29 is 19.6 Å². The molecule has 0 fully saturated rings. The number of aliphatic carboxylic acids is 1. The highest BCUT2D eigenvalue weighted by atomic mass is 16.6. The number of carboxylic acid groups (broad SMARTS) is 1. The van der Waals surface area contributed by atoms with E-state index in [1.165, 1.54) is 12.1 Å². The molecule has 8 nitrogen and oxygen atoms in total. The van der Waals surface area contributed by atoms with Gasteiger partial charge in [0.15, 0.2) is 5.69 Å². The number of carbonyl (C=O) groups excluding carboxylic acids is 1. The average Bonchev–Trinajstić information content (AvgIpc) is 2.89. The summed E-state index contributed by atoms with van der Waals surface area (Å²) in [5.74, 6) is -1.82. The van der Waals surface area contributed by atoms with E-state index in [0.29, 0.717) is 12.8 Å². The Morgan fingerprint density at radius 3 is 2.40 bits per heavy atom. The second kappa shape index (κ2) is 6.18. The van der Waals surface area contributed by atoms with Crippen LogP contribution in [0.3, 0.4) is 0 Å². The van der Waals surface area contributed by atoms with E-state index in [2.05, 4.69) is 10.3 Å². The number of hydrogen-bond donors (Lipinski definition) is 3. The molecule has 0 unspecified atom stereocenters. The Bertz CT molecular complexity index is 519. The Morgan fingerprint density at radius 1 is 1.40 bits per heavy atom. The van der Waals surface area contributed by atoms with E-state index >= 15 is 0 Å². The highest BCUT2D eigenvalue weighted by Gasteiger charge is 2.35. The molecule has 0 saturated heterocycles. The lowest BCUT2D eigenvalue weighted by Gasteiger charge is -2.26. The molecular formula is C12H17N3O5. The summed E-state index contributed by atoms with van der Waals surface area (Å²) in [5.41, 5.74) is -0.989. The van der Waals surface area contributed by atoms with Gasteiger partial charge in [-0.25, -0.2) is 4.98 Å². The van der Waals surface area contributed by atoms with Crippen LogP contribution in [0.5, 0.6) is 0 Å². The molecule has 0 aromatic carbocycles. The molecule has 0 atom stereocenters. The molecule has 20 heavy (non-hydrogen) atoms. The van der Waals surface area contributed by atoms with Crippen LogP contribution in [0.4, 0.5) is 5.82 Å². The molecule has 1 amide bonds. The van der Waals surface area contributed by atoms with Gasteiger partial charge < -0.3 is 20.5 Å². The summed E-state index contributed by atoms with van der Waals surface area (Å²) in [6, 6.07) is 2.47. The predicted molar refractivity (Wildman–Crippen MR) is 70.4 cm³/mol. The van der Waals surface area contributed by atoms with Gasteiger partial charge in [0, 0.05) is 12.6 Å². The minimum absolute atomic E-state index is 0.0268. The maximum absolute atomic E-state index is 11.8. The molecule has 1 aromatic rings. The average molecular weight is 283 g/mol. The van der Waals surface area contributed by atoms with Crippen LogP contribution in [0, 0.1) is 15.5 Å². The van der Waals surface area contributed by atoms with Gasteiger partial charge in [-0.1, -0.05) is 13.8 Å². The monoisotopic (exact) mass is 283 g/mol. The van der Waals surface area contributed by atoms with Crippen molar-refractivity contribution in [3.63, 3.8) is 0 Å². The maximum Gasteiger partial charge on any atom is 0.321 e. The van der Waals surface area contributed by atoms with Crippen LogP contribution in [0.2, 0.25) is 0 Å². The Labute approximate surface area is 115 Å². The Morgan fingerprint density at radius 2 is 2.00 bits per heavy atom. The zero-order valence-electron chi connectivity index (χ0n) is 11.3. The summed E-state index contributed by atoms with van der Waals surface area (Å²) in [7, 11) is 0. The number of nitrogens with zero attached hydrogens (tertiary/aromatic N) is 1. The van der Waals surface area contributed by atoms with Crippen molar-refractivity contribution in [3.8, 4) is 0 Å². The molecule has 8 heteroatoms. The summed E-state index contributed by atoms with van der Waals surface area (Å²) >= 11 is 0. The fourth-order valence-corrected chi connectivity index (χ4v) is 1.85. The van der Waals surface area contributed by atoms with Crippen molar-refractivity contribution in [3.05, 3.63) is 27.9 Å². The predicted octanol–water partition coefficient (Wildman–Crippen LogP) is 1.54. The summed E-state index contributed by atoms with van der Waals surface area (Å²) < 4.78 is 0. The minimum atomic E-state index is -1.02. The summed E-state index contributed by atoms with van der Waals surface area (Å²) in [6.45, 7) is 3.45. The number of carboxylic acids is 1. The molecule has 110 valence electrons. The van der Waals surface area contributed by atoms with Crippen LogP contribution in [0.15, 0.2) is 12.1 Å². The first-order valence-corrected chi connectivity index (χ1v) is 6.21. The maximum atomic E-state index is 11.8. The van der Waals surface area contributed by atoms with Gasteiger partial charge in [0.1, 0.15) is 0 Å². The molecule has 1 heterocycles. The van der Waals surface area contributed by atoms with E-state index in [1.54, 1.807) is 13.8 Å². The molecule has 0 spiro atoms. The van der Waals surface area contributed by atoms with Gasteiger partial charge in [0.2, 0.25) is 0 Å². The van der Waals surface area contributed by atoms with Crippen molar-refractivity contribution >= 4 is 17.7 Å². The quantitative estimate of drug-likeness (QED) is 0.517. The number of hydrogen-bond acceptors (Lipinski definition) is 4. The van der Waals surface area contributed by atoms with E-state index in [-0.39, 0.29) is 18.1 Å². The molecule has 3 N–H and O–H groups in total. The minimum Gasteiger partial charge on any atom is -0.481 e. The molecule has 0 aliphatic rings. The fraction of sp³-hybridized carbons (Fsp3) is 0.500. The van der Waals surface area contributed by atoms with E-state index in [4.69, 9.17) is 0 Å². The van der Waals surface area contributed by atoms with Crippen LogP contribution in [0.25, 0.3) is 0 Å². The second-order valence-corrected chi connectivity index (χ2v) is 4.49. The van der Waals surface area contributed by atoms with E-state index < -0.39 is 22.2 Å². The highest BCUT2D eigenvalue weighted by Crippen LogP contribution is 2.25. The lowest BCUT2D eigenvalue weighted by atomic mass is 9.82. The third kappa shape index (κ3) is 3.14. The number of rotatable bonds is 7. The second-order valence-electron chi connectivity index (χ2n) is 4.49. The number of amides is 1. The summed E-state index contributed by atoms with van der Waals surface area (Å²) in [6.07, 6.45) is 0.758. The van der Waals surface area contributed by atoms with Gasteiger partial charge in [0.25, 0.3) is 5.91 Å². The van der Waals surface area contributed by atoms with Gasteiger partial charge in [0.05, 0.1) is 5.41 Å². The number of carbonyl (C=O) groups is 2. The van der Waals surface area contributed by atoms with Crippen LogP contribution in [-0.4, -0.2) is 33.4 Å². The molecule has 0 bridgehead atoms. The highest BCUT2D eigenvalue weighted by molar-refractivity contribution is 5.93.